The monoisotopic (exact) mass is 498 g/mol. The van der Waals surface area contributed by atoms with E-state index in [1.54, 1.807) is 34.9 Å². The number of amides is 2. The van der Waals surface area contributed by atoms with Crippen molar-refractivity contribution in [3.63, 3.8) is 0 Å². The van der Waals surface area contributed by atoms with E-state index in [1.165, 1.54) is 11.3 Å². The molecule has 2 saturated heterocycles. The summed E-state index contributed by atoms with van der Waals surface area (Å²) >= 11 is 1.44. The number of carbonyl (C=O) groups excluding carboxylic acids is 3. The molecule has 0 spiro atoms. The number of hydrogen-bond donors (Lipinski definition) is 1. The maximum absolute atomic E-state index is 13.3. The summed E-state index contributed by atoms with van der Waals surface area (Å²) in [4.78, 5) is 42.7. The van der Waals surface area contributed by atoms with Crippen molar-refractivity contribution in [2.75, 3.05) is 26.3 Å². The second-order valence-electron chi connectivity index (χ2n) is 8.55. The molecule has 9 heteroatoms. The Morgan fingerprint density at radius 3 is 2.49 bits per heavy atom. The van der Waals surface area contributed by atoms with Gasteiger partial charge in [-0.3, -0.25) is 9.59 Å². The molecule has 186 valence electrons. The van der Waals surface area contributed by atoms with Crippen LogP contribution < -0.4 is 4.74 Å². The number of Topliss-reactive ketones (excluding diaryl/α,β-unsaturated/α-hetero) is 1. The van der Waals surface area contributed by atoms with Gasteiger partial charge in [-0.2, -0.15) is 0 Å². The van der Waals surface area contributed by atoms with Crippen molar-refractivity contribution in [2.24, 2.45) is 0 Å². The lowest BCUT2D eigenvalue weighted by Gasteiger charge is -2.38. The van der Waals surface area contributed by atoms with Gasteiger partial charge >= 0.3 is 6.09 Å². The number of hydrogen-bond acceptors (Lipinski definition) is 7. The topological polar surface area (TPSA) is 96.4 Å². The lowest BCUT2D eigenvalue weighted by Crippen LogP contribution is -2.48. The molecular weight excluding hydrogens is 468 g/mol. The van der Waals surface area contributed by atoms with E-state index < -0.39 is 17.7 Å². The van der Waals surface area contributed by atoms with Gasteiger partial charge in [-0.25, -0.2) is 4.79 Å². The fourth-order valence-electron chi connectivity index (χ4n) is 4.76. The third kappa shape index (κ3) is 4.77. The first-order valence-electron chi connectivity index (χ1n) is 11.9. The fraction of sp³-hybridized carbons (Fsp3) is 0.423. The summed E-state index contributed by atoms with van der Waals surface area (Å²) in [5.41, 5.74) is 1.38. The van der Waals surface area contributed by atoms with Crippen LogP contribution in [0, 0.1) is 6.92 Å². The van der Waals surface area contributed by atoms with Crippen LogP contribution in [0.3, 0.4) is 0 Å². The molecule has 2 fully saturated rings. The van der Waals surface area contributed by atoms with Crippen LogP contribution in [0.15, 0.2) is 41.3 Å². The van der Waals surface area contributed by atoms with Crippen molar-refractivity contribution in [1.29, 1.82) is 0 Å². The number of nitrogens with zero attached hydrogens (tertiary/aromatic N) is 2. The second kappa shape index (κ2) is 10.5. The molecule has 1 atom stereocenters. The number of piperidine rings is 1. The summed E-state index contributed by atoms with van der Waals surface area (Å²) in [6, 6.07) is 8.04. The normalized spacial score (nSPS) is 20.4. The molecule has 1 aromatic heterocycles. The van der Waals surface area contributed by atoms with Crippen LogP contribution >= 0.6 is 11.3 Å². The minimum Gasteiger partial charge on any atom is -0.507 e. The first-order chi connectivity index (χ1) is 16.9. The standard InChI is InChI=1S/C26H30N2O6S/c1-4-33-19-9-8-17(15-16(19)3)23(29)21-22(20-7-6-14-35-20)28(25(31)24(21)30)18-10-12-27(13-11-18)26(32)34-5-2/h6-9,14-15,18,22,29H,4-5,10-13H2,1-3H3/b23-21-. The quantitative estimate of drug-likeness (QED) is 0.358. The molecule has 4 rings (SSSR count). The summed E-state index contributed by atoms with van der Waals surface area (Å²) in [6.45, 7) is 7.21. The molecule has 2 amide bonds. The molecule has 2 aromatic rings. The number of aliphatic hydroxyl groups excluding tert-OH is 1. The van der Waals surface area contributed by atoms with E-state index in [1.807, 2.05) is 31.4 Å². The van der Waals surface area contributed by atoms with Gasteiger partial charge < -0.3 is 24.4 Å². The van der Waals surface area contributed by atoms with Crippen molar-refractivity contribution in [2.45, 2.75) is 45.7 Å². The smallest absolute Gasteiger partial charge is 0.409 e. The maximum atomic E-state index is 13.3. The van der Waals surface area contributed by atoms with Crippen LogP contribution in [0.4, 0.5) is 4.79 Å². The van der Waals surface area contributed by atoms with Gasteiger partial charge in [-0.1, -0.05) is 6.07 Å². The number of thiophene rings is 1. The highest BCUT2D eigenvalue weighted by Crippen LogP contribution is 2.44. The Labute approximate surface area is 208 Å². The van der Waals surface area contributed by atoms with E-state index >= 15 is 0 Å². The summed E-state index contributed by atoms with van der Waals surface area (Å²) in [5.74, 6) is -0.811. The molecule has 1 aromatic carbocycles. The van der Waals surface area contributed by atoms with E-state index in [0.717, 1.165) is 10.4 Å². The Balaban J connectivity index is 1.69. The number of rotatable bonds is 6. The van der Waals surface area contributed by atoms with Crippen LogP contribution in [0.2, 0.25) is 0 Å². The molecule has 35 heavy (non-hydrogen) atoms. The minimum absolute atomic E-state index is 0.0915. The molecule has 0 aliphatic carbocycles. The highest BCUT2D eigenvalue weighted by atomic mass is 32.1. The Hall–Kier alpha value is -3.33. The van der Waals surface area contributed by atoms with Crippen LogP contribution in [0.1, 0.15) is 48.7 Å². The molecule has 8 nitrogen and oxygen atoms in total. The molecule has 1 unspecified atom stereocenters. The van der Waals surface area contributed by atoms with Crippen molar-refractivity contribution in [1.82, 2.24) is 9.80 Å². The summed E-state index contributed by atoms with van der Waals surface area (Å²) in [5, 5.41) is 13.2. The predicted molar refractivity (Wildman–Crippen MR) is 132 cm³/mol. The van der Waals surface area contributed by atoms with Crippen LogP contribution in [0.5, 0.6) is 5.75 Å². The van der Waals surface area contributed by atoms with Gasteiger partial charge in [0.15, 0.2) is 0 Å². The largest absolute Gasteiger partial charge is 0.507 e. The van der Waals surface area contributed by atoms with Crippen LogP contribution in [-0.4, -0.2) is 65.0 Å². The maximum Gasteiger partial charge on any atom is 0.409 e. The average molecular weight is 499 g/mol. The average Bonchev–Trinajstić information content (AvgIpc) is 3.47. The second-order valence-corrected chi connectivity index (χ2v) is 9.53. The number of benzene rings is 1. The lowest BCUT2D eigenvalue weighted by atomic mass is 9.97. The molecule has 1 N–H and O–H groups in total. The summed E-state index contributed by atoms with van der Waals surface area (Å²) in [6.07, 6.45) is 0.680. The summed E-state index contributed by atoms with van der Waals surface area (Å²) in [7, 11) is 0. The van der Waals surface area contributed by atoms with E-state index in [0.29, 0.717) is 50.5 Å². The Morgan fingerprint density at radius 1 is 1.14 bits per heavy atom. The van der Waals surface area contributed by atoms with Gasteiger partial charge in [0.25, 0.3) is 11.7 Å². The van der Waals surface area contributed by atoms with E-state index in [-0.39, 0.29) is 23.5 Å². The molecule has 2 aliphatic rings. The lowest BCUT2D eigenvalue weighted by molar-refractivity contribution is -0.142. The van der Waals surface area contributed by atoms with Gasteiger partial charge in [0.05, 0.1) is 24.8 Å². The van der Waals surface area contributed by atoms with Gasteiger partial charge in [0, 0.05) is 29.6 Å². The Bertz CT molecular complexity index is 1130. The van der Waals surface area contributed by atoms with Gasteiger partial charge in [0.2, 0.25) is 0 Å². The van der Waals surface area contributed by atoms with Gasteiger partial charge in [0.1, 0.15) is 11.5 Å². The zero-order valence-corrected chi connectivity index (χ0v) is 21.0. The zero-order valence-electron chi connectivity index (χ0n) is 20.2. The SMILES string of the molecule is CCOC(=O)N1CCC(N2C(=O)C(=O)/C(=C(\O)c3ccc(OCC)c(C)c3)C2c2cccs2)CC1. The number of likely N-dealkylation sites (tertiary alicyclic amines) is 2. The first-order valence-corrected chi connectivity index (χ1v) is 12.7. The molecule has 0 saturated carbocycles. The predicted octanol–water partition coefficient (Wildman–Crippen LogP) is 4.50. The molecular formula is C26H30N2O6S. The zero-order chi connectivity index (χ0) is 25.1. The molecule has 0 bridgehead atoms. The van der Waals surface area contributed by atoms with Crippen LogP contribution in [-0.2, 0) is 14.3 Å². The molecule has 2 aliphatic heterocycles. The third-order valence-corrected chi connectivity index (χ3v) is 7.35. The fourth-order valence-corrected chi connectivity index (χ4v) is 5.60. The van der Waals surface area contributed by atoms with Crippen molar-refractivity contribution >= 4 is 34.9 Å². The minimum atomic E-state index is -0.694. The summed E-state index contributed by atoms with van der Waals surface area (Å²) < 4.78 is 10.7. The number of ketones is 1. The number of carbonyl (C=O) groups is 3. The number of aryl methyl sites for hydroxylation is 1. The van der Waals surface area contributed by atoms with Crippen LogP contribution in [0.25, 0.3) is 5.76 Å². The highest BCUT2D eigenvalue weighted by molar-refractivity contribution is 7.10. The van der Waals surface area contributed by atoms with Gasteiger partial charge in [-0.05, 0) is 68.8 Å². The van der Waals surface area contributed by atoms with Crippen molar-refractivity contribution in [3.05, 3.63) is 57.3 Å². The van der Waals surface area contributed by atoms with E-state index in [2.05, 4.69) is 0 Å². The van der Waals surface area contributed by atoms with Crippen molar-refractivity contribution in [3.8, 4) is 5.75 Å². The van der Waals surface area contributed by atoms with Gasteiger partial charge in [-0.15, -0.1) is 11.3 Å². The third-order valence-electron chi connectivity index (χ3n) is 6.42. The Morgan fingerprint density at radius 2 is 1.89 bits per heavy atom. The molecule has 3 heterocycles. The van der Waals surface area contributed by atoms with E-state index in [4.69, 9.17) is 9.47 Å². The highest BCUT2D eigenvalue weighted by Gasteiger charge is 2.49. The molecule has 0 radical (unpaired) electrons. The Kier molecular flexibility index (Phi) is 7.45. The van der Waals surface area contributed by atoms with E-state index in [9.17, 15) is 19.5 Å². The first kappa shape index (κ1) is 24.8. The number of aliphatic hydroxyl groups is 1. The van der Waals surface area contributed by atoms with Crippen molar-refractivity contribution < 1.29 is 29.0 Å². The number of ether oxygens (including phenoxy) is 2.